The molecule has 0 fully saturated rings. The van der Waals surface area contributed by atoms with Crippen LogP contribution in [0.3, 0.4) is 0 Å². The number of nitrogens with zero attached hydrogens (tertiary/aromatic N) is 2. The van der Waals surface area contributed by atoms with Crippen molar-refractivity contribution in [2.24, 2.45) is 0 Å². The van der Waals surface area contributed by atoms with Gasteiger partial charge >= 0.3 is 11.9 Å². The first-order valence-corrected chi connectivity index (χ1v) is 7.05. The van der Waals surface area contributed by atoms with Gasteiger partial charge in [-0.15, -0.1) is 5.10 Å². The minimum atomic E-state index is -0.587. The van der Waals surface area contributed by atoms with Crippen molar-refractivity contribution in [1.82, 2.24) is 15.4 Å². The quantitative estimate of drug-likeness (QED) is 0.810. The van der Waals surface area contributed by atoms with Crippen molar-refractivity contribution >= 4 is 11.9 Å². The Balaban J connectivity index is 2.49. The van der Waals surface area contributed by atoms with Gasteiger partial charge in [-0.25, -0.2) is 9.59 Å². The van der Waals surface area contributed by atoms with Crippen LogP contribution in [-0.4, -0.2) is 47.7 Å². The fourth-order valence-corrected chi connectivity index (χ4v) is 2.00. The first kappa shape index (κ1) is 16.5. The number of carbonyl (C=O) groups excluding carboxylic acids is 2. The SMILES string of the molecule is CCOC(=O)c1n[nH]nc1-c1ccc(C(=O)OC)cc1OCC. The van der Waals surface area contributed by atoms with E-state index in [0.717, 1.165) is 0 Å². The zero-order chi connectivity index (χ0) is 16.8. The minimum absolute atomic E-state index is 0.0543. The predicted molar refractivity (Wildman–Crippen MR) is 80.3 cm³/mol. The minimum Gasteiger partial charge on any atom is -0.493 e. The Labute approximate surface area is 132 Å². The maximum absolute atomic E-state index is 11.9. The van der Waals surface area contributed by atoms with Gasteiger partial charge in [0.25, 0.3) is 0 Å². The van der Waals surface area contributed by atoms with Crippen molar-refractivity contribution in [2.45, 2.75) is 13.8 Å². The van der Waals surface area contributed by atoms with Crippen molar-refractivity contribution in [3.8, 4) is 17.0 Å². The summed E-state index contributed by atoms with van der Waals surface area (Å²) in [5.74, 6) is -0.672. The van der Waals surface area contributed by atoms with Gasteiger partial charge in [0.05, 0.1) is 25.9 Å². The van der Waals surface area contributed by atoms with Gasteiger partial charge in [0.1, 0.15) is 11.4 Å². The van der Waals surface area contributed by atoms with E-state index < -0.39 is 11.9 Å². The van der Waals surface area contributed by atoms with Gasteiger partial charge in [-0.3, -0.25) is 0 Å². The highest BCUT2D eigenvalue weighted by molar-refractivity contribution is 5.96. The lowest BCUT2D eigenvalue weighted by Crippen LogP contribution is -2.08. The van der Waals surface area contributed by atoms with Crippen LogP contribution in [0.1, 0.15) is 34.7 Å². The number of aromatic amines is 1. The molecule has 1 heterocycles. The summed E-state index contributed by atoms with van der Waals surface area (Å²) < 4.78 is 15.2. The predicted octanol–water partition coefficient (Wildman–Crippen LogP) is 1.83. The van der Waals surface area contributed by atoms with Crippen LogP contribution in [0.4, 0.5) is 0 Å². The van der Waals surface area contributed by atoms with Crippen molar-refractivity contribution in [1.29, 1.82) is 0 Å². The molecule has 1 N–H and O–H groups in total. The van der Waals surface area contributed by atoms with E-state index in [1.54, 1.807) is 19.1 Å². The standard InChI is InChI=1S/C15H17N3O5/c1-4-22-11-8-9(14(19)21-3)6-7-10(11)12-13(17-18-16-12)15(20)23-5-2/h6-8H,4-5H2,1-3H3,(H,16,17,18). The molecule has 1 aromatic heterocycles. The number of esters is 2. The topological polar surface area (TPSA) is 103 Å². The van der Waals surface area contributed by atoms with E-state index in [1.165, 1.54) is 13.2 Å². The second-order valence-corrected chi connectivity index (χ2v) is 4.38. The Hall–Kier alpha value is -2.90. The second kappa shape index (κ2) is 7.39. The smallest absolute Gasteiger partial charge is 0.361 e. The molecule has 122 valence electrons. The van der Waals surface area contributed by atoms with Crippen molar-refractivity contribution < 1.29 is 23.8 Å². The fourth-order valence-electron chi connectivity index (χ4n) is 2.00. The summed E-state index contributed by atoms with van der Waals surface area (Å²) in [6.45, 7) is 4.12. The normalized spacial score (nSPS) is 10.2. The number of rotatable bonds is 6. The van der Waals surface area contributed by atoms with Crippen LogP contribution in [0.5, 0.6) is 5.75 Å². The molecule has 0 unspecified atom stereocenters. The van der Waals surface area contributed by atoms with E-state index in [1.807, 2.05) is 6.92 Å². The Morgan fingerprint density at radius 1 is 1.13 bits per heavy atom. The highest BCUT2D eigenvalue weighted by atomic mass is 16.5. The fraction of sp³-hybridized carbons (Fsp3) is 0.333. The van der Waals surface area contributed by atoms with Crippen LogP contribution >= 0.6 is 0 Å². The summed E-state index contributed by atoms with van der Waals surface area (Å²) in [5.41, 5.74) is 1.21. The zero-order valence-electron chi connectivity index (χ0n) is 13.1. The van der Waals surface area contributed by atoms with Crippen LogP contribution in [0.15, 0.2) is 18.2 Å². The summed E-state index contributed by atoms with van der Waals surface area (Å²) in [6, 6.07) is 4.72. The number of methoxy groups -OCH3 is 1. The molecule has 0 saturated carbocycles. The van der Waals surface area contributed by atoms with Crippen molar-refractivity contribution in [3.63, 3.8) is 0 Å². The third kappa shape index (κ3) is 3.47. The average molecular weight is 319 g/mol. The largest absolute Gasteiger partial charge is 0.493 e. The van der Waals surface area contributed by atoms with E-state index in [2.05, 4.69) is 15.4 Å². The molecular formula is C15H17N3O5. The number of ether oxygens (including phenoxy) is 3. The van der Waals surface area contributed by atoms with Gasteiger partial charge in [-0.05, 0) is 32.0 Å². The number of carbonyl (C=O) groups is 2. The molecule has 2 rings (SSSR count). The van der Waals surface area contributed by atoms with E-state index in [-0.39, 0.29) is 12.3 Å². The lowest BCUT2D eigenvalue weighted by molar-refractivity contribution is 0.0519. The maximum atomic E-state index is 11.9. The number of nitrogens with one attached hydrogen (secondary N) is 1. The third-order valence-electron chi connectivity index (χ3n) is 2.97. The number of aromatic nitrogens is 3. The van der Waals surface area contributed by atoms with E-state index in [4.69, 9.17) is 14.2 Å². The molecule has 0 amide bonds. The van der Waals surface area contributed by atoms with Crippen molar-refractivity contribution in [3.05, 3.63) is 29.5 Å². The van der Waals surface area contributed by atoms with Crippen LogP contribution in [0.25, 0.3) is 11.3 Å². The van der Waals surface area contributed by atoms with Crippen molar-refractivity contribution in [2.75, 3.05) is 20.3 Å². The zero-order valence-corrected chi connectivity index (χ0v) is 13.1. The number of hydrogen-bond donors (Lipinski definition) is 1. The summed E-state index contributed by atoms with van der Waals surface area (Å²) in [5, 5.41) is 10.2. The van der Waals surface area contributed by atoms with Crippen LogP contribution in [-0.2, 0) is 9.47 Å². The Bertz CT molecular complexity index is 711. The Morgan fingerprint density at radius 3 is 2.57 bits per heavy atom. The van der Waals surface area contributed by atoms with Gasteiger partial charge < -0.3 is 14.2 Å². The van der Waals surface area contributed by atoms with Gasteiger partial charge in [0.15, 0.2) is 5.69 Å². The Kier molecular flexibility index (Phi) is 5.29. The summed E-state index contributed by atoms with van der Waals surface area (Å²) in [7, 11) is 1.30. The van der Waals surface area contributed by atoms with E-state index in [9.17, 15) is 9.59 Å². The van der Waals surface area contributed by atoms with Gasteiger partial charge in [-0.1, -0.05) is 0 Å². The molecule has 8 heteroatoms. The lowest BCUT2D eigenvalue weighted by atomic mass is 10.1. The lowest BCUT2D eigenvalue weighted by Gasteiger charge is -2.10. The molecule has 8 nitrogen and oxygen atoms in total. The molecule has 0 saturated heterocycles. The monoisotopic (exact) mass is 319 g/mol. The van der Waals surface area contributed by atoms with E-state index >= 15 is 0 Å². The summed E-state index contributed by atoms with van der Waals surface area (Å²) in [4.78, 5) is 23.6. The van der Waals surface area contributed by atoms with Gasteiger partial charge in [0.2, 0.25) is 0 Å². The second-order valence-electron chi connectivity index (χ2n) is 4.38. The van der Waals surface area contributed by atoms with Crippen LogP contribution in [0, 0.1) is 0 Å². The molecule has 0 spiro atoms. The number of H-pyrrole nitrogens is 1. The highest BCUT2D eigenvalue weighted by Gasteiger charge is 2.22. The first-order valence-electron chi connectivity index (χ1n) is 7.05. The molecule has 0 radical (unpaired) electrons. The van der Waals surface area contributed by atoms with Crippen LogP contribution < -0.4 is 4.74 Å². The summed E-state index contributed by atoms with van der Waals surface area (Å²) >= 11 is 0. The molecule has 2 aromatic rings. The van der Waals surface area contributed by atoms with Gasteiger partial charge in [-0.2, -0.15) is 10.3 Å². The third-order valence-corrected chi connectivity index (χ3v) is 2.97. The molecule has 0 aliphatic carbocycles. The molecule has 1 aromatic carbocycles. The Morgan fingerprint density at radius 2 is 1.91 bits per heavy atom. The molecule has 0 aliphatic rings. The average Bonchev–Trinajstić information content (AvgIpc) is 3.04. The molecule has 23 heavy (non-hydrogen) atoms. The number of benzene rings is 1. The van der Waals surface area contributed by atoms with E-state index in [0.29, 0.717) is 29.2 Å². The molecular weight excluding hydrogens is 302 g/mol. The maximum Gasteiger partial charge on any atom is 0.361 e. The molecule has 0 bridgehead atoms. The number of hydrogen-bond acceptors (Lipinski definition) is 7. The van der Waals surface area contributed by atoms with Crippen LogP contribution in [0.2, 0.25) is 0 Å². The molecule has 0 aliphatic heterocycles. The molecule has 0 atom stereocenters. The first-order chi connectivity index (χ1) is 11.1. The van der Waals surface area contributed by atoms with Gasteiger partial charge in [0, 0.05) is 5.56 Å². The summed E-state index contributed by atoms with van der Waals surface area (Å²) in [6.07, 6.45) is 0. The highest BCUT2D eigenvalue weighted by Crippen LogP contribution is 2.31.